The molecule has 0 amide bonds. The lowest BCUT2D eigenvalue weighted by Gasteiger charge is -2.33. The molecule has 0 aliphatic heterocycles. The van der Waals surface area contributed by atoms with E-state index in [1.54, 1.807) is 60.7 Å². The van der Waals surface area contributed by atoms with Crippen LogP contribution in [-0.2, 0) is 38.0 Å². The highest BCUT2D eigenvalue weighted by Crippen LogP contribution is 2.29. The number of rotatable bonds is 25. The molecular weight excluding hydrogens is 857 g/mol. The molecule has 0 bridgehead atoms. The Hall–Kier alpha value is -5.08. The summed E-state index contributed by atoms with van der Waals surface area (Å²) in [5, 5.41) is 33.4. The highest BCUT2D eigenvalue weighted by Gasteiger charge is 2.31. The SMILES string of the molecule is CCC(COCC(O)COC)(COCC(O)COC(=O)COc1ccc2sc3ccccc3c(=O)c2c1)COCC(O)COC(=O)COc1ccc2sc3ccccc3c(=O)c2c1. The van der Waals surface area contributed by atoms with Crippen molar-refractivity contribution in [2.24, 2.45) is 5.41 Å². The van der Waals surface area contributed by atoms with Crippen molar-refractivity contribution in [1.82, 2.24) is 0 Å². The number of hydrogen-bond donors (Lipinski definition) is 3. The normalized spacial score (nSPS) is 14.0. The van der Waals surface area contributed by atoms with Crippen LogP contribution in [0.15, 0.2) is 94.5 Å². The molecule has 0 fully saturated rings. The molecule has 4 aromatic carbocycles. The summed E-state index contributed by atoms with van der Waals surface area (Å²) in [5.74, 6) is -0.811. The summed E-state index contributed by atoms with van der Waals surface area (Å²) in [4.78, 5) is 51.0. The maximum Gasteiger partial charge on any atom is 0.344 e. The topological polar surface area (TPSA) is 203 Å². The average molecular weight is 907 g/mol. The molecule has 15 nitrogen and oxygen atoms in total. The van der Waals surface area contributed by atoms with E-state index in [4.69, 9.17) is 37.9 Å². The van der Waals surface area contributed by atoms with E-state index in [9.17, 15) is 34.5 Å². The van der Waals surface area contributed by atoms with Gasteiger partial charge in [-0.15, -0.1) is 22.7 Å². The van der Waals surface area contributed by atoms with Gasteiger partial charge in [-0.3, -0.25) is 9.59 Å². The number of carbonyl (C=O) groups is 2. The van der Waals surface area contributed by atoms with Gasteiger partial charge in [-0.1, -0.05) is 31.2 Å². The lowest BCUT2D eigenvalue weighted by Crippen LogP contribution is -2.40. The Balaban J connectivity index is 0.923. The van der Waals surface area contributed by atoms with Crippen LogP contribution in [0.2, 0.25) is 0 Å². The monoisotopic (exact) mass is 906 g/mol. The van der Waals surface area contributed by atoms with Crippen molar-refractivity contribution >= 4 is 75.0 Å². The molecule has 2 aromatic heterocycles. The molecular formula is C46H50O15S2. The zero-order chi connectivity index (χ0) is 44.8. The van der Waals surface area contributed by atoms with Crippen molar-refractivity contribution in [3.63, 3.8) is 0 Å². The average Bonchev–Trinajstić information content (AvgIpc) is 3.29. The molecule has 0 aliphatic rings. The second kappa shape index (κ2) is 23.0. The van der Waals surface area contributed by atoms with E-state index in [1.807, 2.05) is 31.2 Å². The van der Waals surface area contributed by atoms with Gasteiger partial charge in [-0.2, -0.15) is 0 Å². The van der Waals surface area contributed by atoms with Crippen LogP contribution in [0.25, 0.3) is 40.3 Å². The van der Waals surface area contributed by atoms with E-state index >= 15 is 0 Å². The van der Waals surface area contributed by atoms with Crippen LogP contribution in [-0.4, -0.2) is 125 Å². The molecule has 6 rings (SSSR count). The number of hydrogen-bond acceptors (Lipinski definition) is 17. The van der Waals surface area contributed by atoms with Crippen LogP contribution in [0.5, 0.6) is 11.5 Å². The summed E-state index contributed by atoms with van der Waals surface area (Å²) in [7, 11) is 1.46. The van der Waals surface area contributed by atoms with Crippen molar-refractivity contribution in [3.8, 4) is 11.5 Å². The zero-order valence-electron chi connectivity index (χ0n) is 34.9. The number of fused-ring (bicyclic) bond motifs is 4. The molecule has 63 heavy (non-hydrogen) atoms. The largest absolute Gasteiger partial charge is 0.482 e. The van der Waals surface area contributed by atoms with Gasteiger partial charge in [-0.05, 0) is 67.1 Å². The molecule has 6 aromatic rings. The van der Waals surface area contributed by atoms with Gasteiger partial charge in [0.2, 0.25) is 0 Å². The first-order chi connectivity index (χ1) is 30.5. The van der Waals surface area contributed by atoms with Gasteiger partial charge in [0.25, 0.3) is 0 Å². The molecule has 3 unspecified atom stereocenters. The van der Waals surface area contributed by atoms with Gasteiger partial charge in [-0.25, -0.2) is 9.59 Å². The second-order valence-corrected chi connectivity index (χ2v) is 17.1. The number of methoxy groups -OCH3 is 1. The zero-order valence-corrected chi connectivity index (χ0v) is 36.5. The van der Waals surface area contributed by atoms with E-state index in [1.165, 1.54) is 29.8 Å². The maximum absolute atomic E-state index is 13.0. The molecule has 0 radical (unpaired) electrons. The van der Waals surface area contributed by atoms with Crippen molar-refractivity contribution in [2.75, 3.05) is 79.8 Å². The molecule has 336 valence electrons. The Kier molecular flexibility index (Phi) is 17.3. The molecule has 2 heterocycles. The number of esters is 2. The van der Waals surface area contributed by atoms with Crippen molar-refractivity contribution in [2.45, 2.75) is 31.7 Å². The third-order valence-electron chi connectivity index (χ3n) is 9.95. The molecule has 0 saturated carbocycles. The van der Waals surface area contributed by atoms with Gasteiger partial charge >= 0.3 is 11.9 Å². The summed E-state index contributed by atoms with van der Waals surface area (Å²) < 4.78 is 47.3. The predicted octanol–water partition coefficient (Wildman–Crippen LogP) is 4.86. The van der Waals surface area contributed by atoms with E-state index in [0.717, 1.165) is 18.8 Å². The maximum atomic E-state index is 13.0. The minimum atomic E-state index is -1.18. The Morgan fingerprint density at radius 2 is 0.952 bits per heavy atom. The first kappa shape index (κ1) is 47.4. The minimum Gasteiger partial charge on any atom is -0.482 e. The van der Waals surface area contributed by atoms with Crippen LogP contribution in [0.3, 0.4) is 0 Å². The third kappa shape index (κ3) is 13.2. The summed E-state index contributed by atoms with van der Waals surface area (Å²) in [6, 6.07) is 24.7. The first-order valence-electron chi connectivity index (χ1n) is 20.2. The number of aliphatic hydroxyl groups excluding tert-OH is 3. The van der Waals surface area contributed by atoms with E-state index in [-0.39, 0.29) is 70.3 Å². The van der Waals surface area contributed by atoms with Crippen molar-refractivity contribution in [3.05, 3.63) is 105 Å². The third-order valence-corrected chi connectivity index (χ3v) is 12.2. The van der Waals surface area contributed by atoms with Crippen molar-refractivity contribution in [1.29, 1.82) is 0 Å². The van der Waals surface area contributed by atoms with Crippen LogP contribution < -0.4 is 20.3 Å². The van der Waals surface area contributed by atoms with Gasteiger partial charge in [0.1, 0.15) is 43.0 Å². The lowest BCUT2D eigenvalue weighted by molar-refractivity contribution is -0.151. The Morgan fingerprint density at radius 3 is 1.37 bits per heavy atom. The Labute approximate surface area is 370 Å². The fourth-order valence-electron chi connectivity index (χ4n) is 6.49. The summed E-state index contributed by atoms with van der Waals surface area (Å²) in [6.07, 6.45) is -2.76. The molecule has 0 spiro atoms. The molecule has 3 atom stereocenters. The van der Waals surface area contributed by atoms with Crippen LogP contribution in [0, 0.1) is 5.41 Å². The summed E-state index contributed by atoms with van der Waals surface area (Å²) in [5.41, 5.74) is -1.05. The fraction of sp³-hybridized carbons (Fsp3) is 0.391. The smallest absolute Gasteiger partial charge is 0.344 e. The van der Waals surface area contributed by atoms with Gasteiger partial charge in [0, 0.05) is 52.9 Å². The standard InChI is InChI=1S/C46H50O15S2/c1-3-46(26-55-19-29(47)18-54-2,27-56-20-30(48)22-60-42(50)24-58-32-12-14-40-36(16-32)44(52)34-8-4-6-10-38(34)62-40)28-57-21-31(49)23-61-43(51)25-59-33-13-15-41-37(17-33)45(53)35-9-5-7-11-39(35)63-41/h4-17,29-31,47-49H,3,18-28H2,1-2H3. The van der Waals surface area contributed by atoms with E-state index in [2.05, 4.69) is 0 Å². The number of ether oxygens (including phenoxy) is 8. The van der Waals surface area contributed by atoms with Crippen molar-refractivity contribution < 1.29 is 62.8 Å². The second-order valence-electron chi connectivity index (χ2n) is 14.9. The Morgan fingerprint density at radius 1 is 0.556 bits per heavy atom. The van der Waals surface area contributed by atoms with Crippen LogP contribution in [0.1, 0.15) is 13.3 Å². The predicted molar refractivity (Wildman–Crippen MR) is 239 cm³/mol. The van der Waals surface area contributed by atoms with E-state index in [0.29, 0.717) is 39.5 Å². The van der Waals surface area contributed by atoms with Crippen LogP contribution in [0.4, 0.5) is 0 Å². The molecule has 0 aliphatic carbocycles. The first-order valence-corrected chi connectivity index (χ1v) is 21.8. The van der Waals surface area contributed by atoms with Gasteiger partial charge in [0.05, 0.1) is 46.2 Å². The highest BCUT2D eigenvalue weighted by atomic mass is 32.1. The number of carbonyl (C=O) groups excluding carboxylic acids is 2. The highest BCUT2D eigenvalue weighted by molar-refractivity contribution is 7.24. The number of benzene rings is 4. The van der Waals surface area contributed by atoms with Gasteiger partial charge < -0.3 is 53.2 Å². The quantitative estimate of drug-likeness (QED) is 0.0519. The minimum absolute atomic E-state index is 0.0275. The summed E-state index contributed by atoms with van der Waals surface area (Å²) >= 11 is 2.97. The van der Waals surface area contributed by atoms with E-state index < -0.39 is 48.9 Å². The van der Waals surface area contributed by atoms with Gasteiger partial charge in [0.15, 0.2) is 24.1 Å². The molecule has 17 heteroatoms. The summed E-state index contributed by atoms with van der Waals surface area (Å²) in [6.45, 7) is 0.0142. The van der Waals surface area contributed by atoms with Crippen LogP contribution >= 0.6 is 22.7 Å². The lowest BCUT2D eigenvalue weighted by atomic mass is 9.88. The molecule has 3 N–H and O–H groups in total. The fourth-order valence-corrected chi connectivity index (χ4v) is 8.60. The Bertz CT molecular complexity index is 2430. The number of aliphatic hydroxyl groups is 3. The molecule has 0 saturated heterocycles.